The molecule has 1 spiro atoms. The van der Waals surface area contributed by atoms with E-state index in [-0.39, 0.29) is 17.1 Å². The number of nitrogens with one attached hydrogen (secondary N) is 1. The highest BCUT2D eigenvalue weighted by Gasteiger charge is 2.53. The van der Waals surface area contributed by atoms with E-state index >= 15 is 0 Å². The number of nitrogens with zero attached hydrogens (tertiary/aromatic N) is 1. The van der Waals surface area contributed by atoms with Gasteiger partial charge in [-0.1, -0.05) is 24.6 Å². The van der Waals surface area contributed by atoms with Gasteiger partial charge in [-0.25, -0.2) is 0 Å². The molecule has 4 saturated carbocycles. The van der Waals surface area contributed by atoms with Crippen LogP contribution >= 0.6 is 0 Å². The maximum atomic E-state index is 12.9. The summed E-state index contributed by atoms with van der Waals surface area (Å²) in [6, 6.07) is 4.24. The molecule has 38 heavy (non-hydrogen) atoms. The molecule has 4 fully saturated rings. The van der Waals surface area contributed by atoms with Crippen LogP contribution in [0.2, 0.25) is 0 Å². The number of aliphatic hydroxyl groups is 1. The number of methoxy groups -OCH3 is 1. The van der Waals surface area contributed by atoms with Crippen molar-refractivity contribution in [2.75, 3.05) is 20.2 Å². The number of rotatable bonds is 8. The number of hydrogen-bond acceptors (Lipinski definition) is 5. The van der Waals surface area contributed by atoms with Crippen LogP contribution < -0.4 is 14.8 Å². The highest BCUT2D eigenvalue weighted by molar-refractivity contribution is 5.76. The number of ether oxygens (including phenoxy) is 2. The molecule has 7 aliphatic rings. The van der Waals surface area contributed by atoms with Crippen molar-refractivity contribution in [3.63, 3.8) is 0 Å². The van der Waals surface area contributed by atoms with E-state index in [4.69, 9.17) is 9.47 Å². The summed E-state index contributed by atoms with van der Waals surface area (Å²) < 4.78 is 12.1. The molecular weight excluding hydrogens is 476 g/mol. The fourth-order valence-corrected chi connectivity index (χ4v) is 9.61. The molecule has 1 aromatic rings. The quantitative estimate of drug-likeness (QED) is 0.378. The standard InChI is InChI=1S/C32H44N2O4/c1-37-26-7-6-24-20-34(12-10-32-9-8-25(35)16-27(32)38-30(26)29(24)32)11-4-2-3-5-28(36)33-31-17-21-13-22(18-31)15-23(14-21)19-31/h6-9,21-23,25,27,35H,2-5,10-20H2,1H3,(H,33,36)/t21?,22?,23?,25-,27-,31?,32-/m0/s1. The van der Waals surface area contributed by atoms with Crippen LogP contribution in [0.1, 0.15) is 88.2 Å². The first kappa shape index (κ1) is 25.0. The molecule has 2 N–H and O–H groups in total. The van der Waals surface area contributed by atoms with Gasteiger partial charge in [0, 0.05) is 30.5 Å². The molecule has 6 nitrogen and oxygen atoms in total. The molecule has 0 radical (unpaired) electrons. The minimum Gasteiger partial charge on any atom is -0.493 e. The Morgan fingerprint density at radius 2 is 1.87 bits per heavy atom. The van der Waals surface area contributed by atoms with Gasteiger partial charge in [0.25, 0.3) is 0 Å². The number of carbonyl (C=O) groups excluding carboxylic acids is 1. The Kier molecular flexibility index (Phi) is 6.27. The molecule has 4 bridgehead atoms. The van der Waals surface area contributed by atoms with Crippen molar-refractivity contribution in [3.8, 4) is 11.5 Å². The lowest BCUT2D eigenvalue weighted by Crippen LogP contribution is -2.59. The number of unbranched alkanes of at least 4 members (excludes halogenated alkanes) is 2. The number of carbonyl (C=O) groups is 1. The molecule has 3 atom stereocenters. The van der Waals surface area contributed by atoms with Gasteiger partial charge in [0.15, 0.2) is 11.5 Å². The highest BCUT2D eigenvalue weighted by Crippen LogP contribution is 2.57. The van der Waals surface area contributed by atoms with E-state index in [9.17, 15) is 9.90 Å². The third-order valence-corrected chi connectivity index (χ3v) is 10.9. The zero-order valence-electron chi connectivity index (χ0n) is 22.9. The average Bonchev–Trinajstić information content (AvgIpc) is 3.11. The molecule has 1 amide bonds. The largest absolute Gasteiger partial charge is 0.493 e. The van der Waals surface area contributed by atoms with Gasteiger partial charge in [0.05, 0.1) is 18.6 Å². The molecule has 5 aliphatic carbocycles. The van der Waals surface area contributed by atoms with Crippen molar-refractivity contribution in [3.05, 3.63) is 35.4 Å². The van der Waals surface area contributed by atoms with E-state index in [2.05, 4.69) is 22.4 Å². The van der Waals surface area contributed by atoms with Crippen molar-refractivity contribution < 1.29 is 19.4 Å². The van der Waals surface area contributed by atoms with Crippen LogP contribution in [-0.2, 0) is 16.8 Å². The molecule has 0 unspecified atom stereocenters. The number of benzene rings is 1. The van der Waals surface area contributed by atoms with Crippen molar-refractivity contribution in [2.24, 2.45) is 17.8 Å². The monoisotopic (exact) mass is 520 g/mol. The Hall–Kier alpha value is -2.05. The van der Waals surface area contributed by atoms with Crippen LogP contribution in [0, 0.1) is 17.8 Å². The van der Waals surface area contributed by atoms with Crippen molar-refractivity contribution >= 4 is 5.91 Å². The summed E-state index contributed by atoms with van der Waals surface area (Å²) in [6.45, 7) is 2.96. The molecule has 6 heteroatoms. The summed E-state index contributed by atoms with van der Waals surface area (Å²) in [7, 11) is 1.70. The van der Waals surface area contributed by atoms with E-state index in [1.54, 1.807) is 7.11 Å². The van der Waals surface area contributed by atoms with Crippen LogP contribution in [-0.4, -0.2) is 53.9 Å². The topological polar surface area (TPSA) is 71.0 Å². The molecular formula is C32H44N2O4. The first-order valence-electron chi connectivity index (χ1n) is 15.2. The Morgan fingerprint density at radius 3 is 2.61 bits per heavy atom. The summed E-state index contributed by atoms with van der Waals surface area (Å²) >= 11 is 0. The predicted molar refractivity (Wildman–Crippen MR) is 146 cm³/mol. The Morgan fingerprint density at radius 1 is 1.11 bits per heavy atom. The lowest BCUT2D eigenvalue weighted by Gasteiger charge is -2.56. The summed E-state index contributed by atoms with van der Waals surface area (Å²) in [5.74, 6) is 4.56. The van der Waals surface area contributed by atoms with E-state index in [1.807, 2.05) is 12.1 Å². The van der Waals surface area contributed by atoms with E-state index < -0.39 is 6.10 Å². The van der Waals surface area contributed by atoms with Gasteiger partial charge in [-0.2, -0.15) is 0 Å². The zero-order valence-corrected chi connectivity index (χ0v) is 22.9. The Balaban J connectivity index is 0.935. The molecule has 2 heterocycles. The second kappa shape index (κ2) is 9.55. The lowest BCUT2D eigenvalue weighted by molar-refractivity contribution is -0.127. The predicted octanol–water partition coefficient (Wildman–Crippen LogP) is 4.87. The smallest absolute Gasteiger partial charge is 0.220 e. The summed E-state index contributed by atoms with van der Waals surface area (Å²) in [4.78, 5) is 15.5. The number of hydrogen-bond donors (Lipinski definition) is 2. The van der Waals surface area contributed by atoms with Gasteiger partial charge in [-0.15, -0.1) is 0 Å². The van der Waals surface area contributed by atoms with Crippen LogP contribution in [0.4, 0.5) is 0 Å². The average molecular weight is 521 g/mol. The number of aliphatic hydroxyl groups excluding tert-OH is 1. The number of amides is 1. The van der Waals surface area contributed by atoms with Gasteiger partial charge in [0.2, 0.25) is 5.91 Å². The first-order chi connectivity index (χ1) is 18.5. The normalized spacial score (nSPS) is 38.3. The third kappa shape index (κ3) is 4.27. The van der Waals surface area contributed by atoms with Crippen LogP contribution in [0.25, 0.3) is 0 Å². The zero-order chi connectivity index (χ0) is 25.9. The maximum Gasteiger partial charge on any atom is 0.220 e. The second-order valence-electron chi connectivity index (χ2n) is 13.5. The minimum absolute atomic E-state index is 0.0417. The van der Waals surface area contributed by atoms with Gasteiger partial charge >= 0.3 is 0 Å². The van der Waals surface area contributed by atoms with Gasteiger partial charge < -0.3 is 19.9 Å². The Bertz CT molecular complexity index is 1080. The molecule has 206 valence electrons. The van der Waals surface area contributed by atoms with Crippen molar-refractivity contribution in [2.45, 2.75) is 107 Å². The van der Waals surface area contributed by atoms with Crippen LogP contribution in [0.15, 0.2) is 24.3 Å². The van der Waals surface area contributed by atoms with E-state index in [1.165, 1.54) is 49.7 Å². The van der Waals surface area contributed by atoms with Crippen molar-refractivity contribution in [1.82, 2.24) is 10.2 Å². The SMILES string of the molecule is COc1ccc2c3c1O[C@H]1C[C@@H](O)C=C[C@@]31CCN(CCCCCC(=O)NC13CC4CC(CC(C4)C1)C3)C2. The van der Waals surface area contributed by atoms with Gasteiger partial charge in [-0.3, -0.25) is 9.69 Å². The van der Waals surface area contributed by atoms with E-state index in [0.717, 1.165) is 74.6 Å². The highest BCUT2D eigenvalue weighted by atomic mass is 16.5. The van der Waals surface area contributed by atoms with Gasteiger partial charge in [-0.05, 0) is 100 Å². The second-order valence-corrected chi connectivity index (χ2v) is 13.5. The lowest BCUT2D eigenvalue weighted by atomic mass is 9.53. The summed E-state index contributed by atoms with van der Waals surface area (Å²) in [6.07, 6.45) is 17.1. The molecule has 8 rings (SSSR count). The molecule has 1 aromatic carbocycles. The Labute approximate surface area is 227 Å². The third-order valence-electron chi connectivity index (χ3n) is 10.9. The van der Waals surface area contributed by atoms with Crippen LogP contribution in [0.5, 0.6) is 11.5 Å². The first-order valence-corrected chi connectivity index (χ1v) is 15.2. The fourth-order valence-electron chi connectivity index (χ4n) is 9.61. The summed E-state index contributed by atoms with van der Waals surface area (Å²) in [5.41, 5.74) is 2.55. The molecule has 2 aliphatic heterocycles. The minimum atomic E-state index is -0.450. The fraction of sp³-hybridized carbons (Fsp3) is 0.719. The summed E-state index contributed by atoms with van der Waals surface area (Å²) in [5, 5.41) is 13.8. The van der Waals surface area contributed by atoms with Gasteiger partial charge in [0.1, 0.15) is 6.10 Å². The van der Waals surface area contributed by atoms with E-state index in [0.29, 0.717) is 18.7 Å². The van der Waals surface area contributed by atoms with Crippen molar-refractivity contribution in [1.29, 1.82) is 0 Å². The maximum absolute atomic E-state index is 12.9. The molecule has 0 saturated heterocycles. The van der Waals surface area contributed by atoms with Crippen LogP contribution in [0.3, 0.4) is 0 Å². The molecule has 0 aromatic heterocycles.